The maximum atomic E-state index is 12.8. The molecule has 0 atom stereocenters. The predicted octanol–water partition coefficient (Wildman–Crippen LogP) is 5.27. The Labute approximate surface area is 202 Å². The highest BCUT2D eigenvalue weighted by Crippen LogP contribution is 2.29. The second-order valence-corrected chi connectivity index (χ2v) is 9.34. The first-order valence-electron chi connectivity index (χ1n) is 11.3. The van der Waals surface area contributed by atoms with Crippen molar-refractivity contribution in [2.24, 2.45) is 0 Å². The van der Waals surface area contributed by atoms with Gasteiger partial charge in [0, 0.05) is 40.5 Å². The van der Waals surface area contributed by atoms with Crippen molar-refractivity contribution in [3.05, 3.63) is 100 Å². The molecular formula is C27H24N4O2S. The largest absolute Gasteiger partial charge is 0.348 e. The van der Waals surface area contributed by atoms with Crippen LogP contribution >= 0.6 is 11.3 Å². The molecular weight excluding hydrogens is 444 g/mol. The monoisotopic (exact) mass is 468 g/mol. The molecule has 0 saturated heterocycles. The molecule has 2 N–H and O–H groups in total. The van der Waals surface area contributed by atoms with Gasteiger partial charge in [0.25, 0.3) is 11.8 Å². The van der Waals surface area contributed by atoms with E-state index >= 15 is 0 Å². The molecule has 5 rings (SSSR count). The standard InChI is InChI=1S/C27H24N4O2S/c32-25(21-9-4-7-19(15-21)22-10-5-13-28-17-22)29-16-18-6-3-8-20(14-18)26(33)31-27-30-23-11-1-2-12-24(23)34-27/h3-10,13-15,17H,1-2,11-12,16H2,(H,29,32)(H,30,31,33). The summed E-state index contributed by atoms with van der Waals surface area (Å²) in [4.78, 5) is 35.5. The van der Waals surface area contributed by atoms with Crippen molar-refractivity contribution >= 4 is 28.3 Å². The Morgan fingerprint density at radius 1 is 0.882 bits per heavy atom. The first kappa shape index (κ1) is 22.0. The van der Waals surface area contributed by atoms with Gasteiger partial charge in [0.2, 0.25) is 0 Å². The van der Waals surface area contributed by atoms with E-state index in [0.717, 1.165) is 41.6 Å². The first-order valence-corrected chi connectivity index (χ1v) is 12.1. The van der Waals surface area contributed by atoms with Crippen molar-refractivity contribution in [1.82, 2.24) is 15.3 Å². The molecule has 1 aliphatic carbocycles. The Morgan fingerprint density at radius 3 is 2.50 bits per heavy atom. The van der Waals surface area contributed by atoms with Gasteiger partial charge < -0.3 is 5.32 Å². The highest BCUT2D eigenvalue weighted by Gasteiger charge is 2.17. The van der Waals surface area contributed by atoms with Crippen LogP contribution in [-0.4, -0.2) is 21.8 Å². The van der Waals surface area contributed by atoms with Crippen LogP contribution in [0.1, 0.15) is 49.7 Å². The van der Waals surface area contributed by atoms with Gasteiger partial charge in [0.15, 0.2) is 5.13 Å². The molecule has 2 aromatic heterocycles. The number of nitrogens with zero attached hydrogens (tertiary/aromatic N) is 2. The lowest BCUT2D eigenvalue weighted by atomic mass is 10.0. The second kappa shape index (κ2) is 9.97. The molecule has 0 radical (unpaired) electrons. The lowest BCUT2D eigenvalue weighted by Gasteiger charge is -2.09. The van der Waals surface area contributed by atoms with Gasteiger partial charge in [0.05, 0.1) is 5.69 Å². The second-order valence-electron chi connectivity index (χ2n) is 8.26. The van der Waals surface area contributed by atoms with E-state index in [1.54, 1.807) is 41.9 Å². The van der Waals surface area contributed by atoms with Crippen LogP contribution < -0.4 is 10.6 Å². The van der Waals surface area contributed by atoms with Crippen molar-refractivity contribution in [3.63, 3.8) is 0 Å². The fourth-order valence-electron chi connectivity index (χ4n) is 4.06. The van der Waals surface area contributed by atoms with Crippen LogP contribution in [-0.2, 0) is 19.4 Å². The summed E-state index contributed by atoms with van der Waals surface area (Å²) in [5.41, 5.74) is 4.97. The molecule has 0 saturated carbocycles. The van der Waals surface area contributed by atoms with Crippen LogP contribution in [0.25, 0.3) is 11.1 Å². The zero-order valence-corrected chi connectivity index (χ0v) is 19.4. The minimum Gasteiger partial charge on any atom is -0.348 e. The number of nitrogens with one attached hydrogen (secondary N) is 2. The summed E-state index contributed by atoms with van der Waals surface area (Å²) in [5, 5.41) is 6.53. The smallest absolute Gasteiger partial charge is 0.257 e. The molecule has 0 bridgehead atoms. The van der Waals surface area contributed by atoms with Crippen LogP contribution in [0, 0.1) is 0 Å². The Bertz CT molecular complexity index is 1310. The third-order valence-electron chi connectivity index (χ3n) is 5.83. The minimum atomic E-state index is -0.191. The summed E-state index contributed by atoms with van der Waals surface area (Å²) in [7, 11) is 0. The number of pyridine rings is 1. The third kappa shape index (κ3) is 5.05. The summed E-state index contributed by atoms with van der Waals surface area (Å²) < 4.78 is 0. The number of hydrogen-bond donors (Lipinski definition) is 2. The van der Waals surface area contributed by atoms with Gasteiger partial charge in [-0.05, 0) is 67.1 Å². The third-order valence-corrected chi connectivity index (χ3v) is 6.90. The molecule has 0 unspecified atom stereocenters. The molecule has 34 heavy (non-hydrogen) atoms. The zero-order valence-electron chi connectivity index (χ0n) is 18.6. The summed E-state index contributed by atoms with van der Waals surface area (Å²) in [6.07, 6.45) is 7.87. The van der Waals surface area contributed by atoms with Gasteiger partial charge in [-0.3, -0.25) is 19.9 Å². The SMILES string of the molecule is O=C(NCc1cccc(C(=O)Nc2nc3c(s2)CCCC3)c1)c1cccc(-c2cccnc2)c1. The van der Waals surface area contributed by atoms with Gasteiger partial charge in [-0.1, -0.05) is 30.3 Å². The Morgan fingerprint density at radius 2 is 1.68 bits per heavy atom. The van der Waals surface area contributed by atoms with E-state index in [0.29, 0.717) is 22.8 Å². The number of aromatic nitrogens is 2. The zero-order chi connectivity index (χ0) is 23.3. The van der Waals surface area contributed by atoms with E-state index in [9.17, 15) is 9.59 Å². The number of amides is 2. The van der Waals surface area contributed by atoms with E-state index in [1.807, 2.05) is 42.5 Å². The summed E-state index contributed by atoms with van der Waals surface area (Å²) >= 11 is 1.57. The quantitative estimate of drug-likeness (QED) is 0.404. The average molecular weight is 469 g/mol. The number of aryl methyl sites for hydroxylation is 2. The molecule has 6 nitrogen and oxygen atoms in total. The number of benzene rings is 2. The fourth-order valence-corrected chi connectivity index (χ4v) is 5.10. The molecule has 0 aliphatic heterocycles. The number of fused-ring (bicyclic) bond motifs is 1. The summed E-state index contributed by atoms with van der Waals surface area (Å²) in [6, 6.07) is 18.6. The van der Waals surface area contributed by atoms with Crippen molar-refractivity contribution in [1.29, 1.82) is 0 Å². The van der Waals surface area contributed by atoms with E-state index in [2.05, 4.69) is 20.6 Å². The van der Waals surface area contributed by atoms with Crippen LogP contribution in [0.5, 0.6) is 0 Å². The average Bonchev–Trinajstić information content (AvgIpc) is 3.30. The highest BCUT2D eigenvalue weighted by molar-refractivity contribution is 7.15. The minimum absolute atomic E-state index is 0.172. The Balaban J connectivity index is 1.22. The van der Waals surface area contributed by atoms with E-state index < -0.39 is 0 Å². The van der Waals surface area contributed by atoms with Crippen LogP contribution in [0.2, 0.25) is 0 Å². The number of rotatable bonds is 6. The Hall–Kier alpha value is -3.84. The van der Waals surface area contributed by atoms with Gasteiger partial charge in [-0.2, -0.15) is 0 Å². The van der Waals surface area contributed by atoms with Crippen molar-refractivity contribution in [2.45, 2.75) is 32.2 Å². The molecule has 4 aromatic rings. The lowest BCUT2D eigenvalue weighted by Crippen LogP contribution is -2.23. The molecule has 7 heteroatoms. The van der Waals surface area contributed by atoms with Crippen molar-refractivity contribution in [2.75, 3.05) is 5.32 Å². The highest BCUT2D eigenvalue weighted by atomic mass is 32.1. The van der Waals surface area contributed by atoms with E-state index in [1.165, 1.54) is 11.3 Å². The maximum Gasteiger partial charge on any atom is 0.257 e. The fraction of sp³-hybridized carbons (Fsp3) is 0.185. The number of carbonyl (C=O) groups is 2. The van der Waals surface area contributed by atoms with E-state index in [-0.39, 0.29) is 11.8 Å². The van der Waals surface area contributed by atoms with Crippen molar-refractivity contribution in [3.8, 4) is 11.1 Å². The van der Waals surface area contributed by atoms with Crippen LogP contribution in [0.4, 0.5) is 5.13 Å². The van der Waals surface area contributed by atoms with E-state index in [4.69, 9.17) is 0 Å². The Kier molecular flexibility index (Phi) is 6.44. The van der Waals surface area contributed by atoms with Gasteiger partial charge >= 0.3 is 0 Å². The van der Waals surface area contributed by atoms with Gasteiger partial charge in [-0.15, -0.1) is 11.3 Å². The molecule has 0 spiro atoms. The number of hydrogen-bond acceptors (Lipinski definition) is 5. The molecule has 0 fully saturated rings. The first-order chi connectivity index (χ1) is 16.7. The number of anilines is 1. The maximum absolute atomic E-state index is 12.8. The predicted molar refractivity (Wildman–Crippen MR) is 134 cm³/mol. The van der Waals surface area contributed by atoms with Crippen LogP contribution in [0.3, 0.4) is 0 Å². The molecule has 2 heterocycles. The van der Waals surface area contributed by atoms with Crippen molar-refractivity contribution < 1.29 is 9.59 Å². The molecule has 170 valence electrons. The topological polar surface area (TPSA) is 84.0 Å². The molecule has 2 aromatic carbocycles. The van der Waals surface area contributed by atoms with Gasteiger partial charge in [0.1, 0.15) is 0 Å². The van der Waals surface area contributed by atoms with Gasteiger partial charge in [-0.25, -0.2) is 4.98 Å². The lowest BCUT2D eigenvalue weighted by molar-refractivity contribution is 0.0950. The van der Waals surface area contributed by atoms with Crippen LogP contribution in [0.15, 0.2) is 73.1 Å². The number of thiazole rings is 1. The molecule has 1 aliphatic rings. The summed E-state index contributed by atoms with van der Waals surface area (Å²) in [6.45, 7) is 0.322. The summed E-state index contributed by atoms with van der Waals surface area (Å²) in [5.74, 6) is -0.364. The number of carbonyl (C=O) groups excluding carboxylic acids is 2. The normalized spacial score (nSPS) is 12.6. The molecule has 2 amide bonds.